The largest absolute Gasteiger partial charge is 0.437 e. The van der Waals surface area contributed by atoms with Gasteiger partial charge >= 0.3 is 0 Å². The summed E-state index contributed by atoms with van der Waals surface area (Å²) in [5, 5.41) is 11.6. The van der Waals surface area contributed by atoms with Crippen LogP contribution in [0.3, 0.4) is 0 Å². The fourth-order valence-electron chi connectivity index (χ4n) is 2.42. The van der Waals surface area contributed by atoms with Gasteiger partial charge in [-0.05, 0) is 48.0 Å². The first-order valence-electron chi connectivity index (χ1n) is 7.32. The minimum Gasteiger partial charge on any atom is -0.437 e. The zero-order chi connectivity index (χ0) is 18.3. The maximum atomic E-state index is 14.1. The lowest BCUT2D eigenvalue weighted by Gasteiger charge is -2.12. The highest BCUT2D eigenvalue weighted by molar-refractivity contribution is 6.28. The van der Waals surface area contributed by atoms with Crippen molar-refractivity contribution in [3.05, 3.63) is 71.3 Å². The van der Waals surface area contributed by atoms with E-state index >= 15 is 0 Å². The highest BCUT2D eigenvalue weighted by Crippen LogP contribution is 2.35. The second-order valence-electron chi connectivity index (χ2n) is 5.28. The topological polar surface area (TPSA) is 52.3 Å². The second kappa shape index (κ2) is 6.30. The third-order valence-electron chi connectivity index (χ3n) is 3.58. The number of ether oxygens (including phenoxy) is 1. The fourth-order valence-corrected chi connectivity index (χ4v) is 2.58. The minimum atomic E-state index is -0.842. The van der Waals surface area contributed by atoms with Gasteiger partial charge in [-0.3, -0.25) is 0 Å². The molecule has 0 atom stereocenters. The third-order valence-corrected chi connectivity index (χ3v) is 3.81. The molecule has 0 aliphatic carbocycles. The van der Waals surface area contributed by atoms with Crippen LogP contribution in [0.1, 0.15) is 0 Å². The van der Waals surface area contributed by atoms with Crippen molar-refractivity contribution in [2.24, 2.45) is 0 Å². The van der Waals surface area contributed by atoms with Crippen LogP contribution >= 0.6 is 11.6 Å². The molecule has 0 unspecified atom stereocenters. The number of halogens is 4. The summed E-state index contributed by atoms with van der Waals surface area (Å²) in [5.41, 5.74) is 0.509. The Morgan fingerprint density at radius 2 is 1.62 bits per heavy atom. The molecule has 26 heavy (non-hydrogen) atoms. The van der Waals surface area contributed by atoms with Gasteiger partial charge in [0, 0.05) is 23.3 Å². The maximum Gasteiger partial charge on any atom is 0.246 e. The Hall–Kier alpha value is -3.13. The van der Waals surface area contributed by atoms with E-state index in [0.29, 0.717) is 11.7 Å². The van der Waals surface area contributed by atoms with Gasteiger partial charge in [0.15, 0.2) is 5.65 Å². The van der Waals surface area contributed by atoms with Crippen molar-refractivity contribution in [1.29, 1.82) is 0 Å². The van der Waals surface area contributed by atoms with Crippen molar-refractivity contribution in [1.82, 2.24) is 19.8 Å². The first-order valence-corrected chi connectivity index (χ1v) is 7.70. The lowest BCUT2D eigenvalue weighted by Crippen LogP contribution is -1.98. The van der Waals surface area contributed by atoms with E-state index in [0.717, 1.165) is 18.2 Å². The Morgan fingerprint density at radius 1 is 0.846 bits per heavy atom. The molecule has 2 aromatic heterocycles. The number of hydrogen-bond acceptors (Lipinski definition) is 4. The molecule has 0 N–H and O–H groups in total. The Labute approximate surface area is 149 Å². The molecule has 4 rings (SSSR count). The molecule has 0 spiro atoms. The van der Waals surface area contributed by atoms with E-state index in [1.54, 1.807) is 6.07 Å². The molecule has 0 aliphatic rings. The molecule has 0 bridgehead atoms. The Bertz CT molecular complexity index is 1130. The molecule has 0 saturated carbocycles. The highest BCUT2D eigenvalue weighted by Gasteiger charge is 2.15. The Kier molecular flexibility index (Phi) is 3.96. The normalized spacial score (nSPS) is 11.1. The van der Waals surface area contributed by atoms with Crippen LogP contribution in [-0.2, 0) is 0 Å². The Morgan fingerprint density at radius 3 is 2.42 bits per heavy atom. The van der Waals surface area contributed by atoms with Gasteiger partial charge in [-0.1, -0.05) is 0 Å². The summed E-state index contributed by atoms with van der Waals surface area (Å²) in [6, 6.07) is 9.66. The molecule has 0 fully saturated rings. The van der Waals surface area contributed by atoms with Crippen LogP contribution < -0.4 is 4.74 Å². The van der Waals surface area contributed by atoms with Crippen LogP contribution in [0, 0.1) is 17.5 Å². The average molecular weight is 377 g/mol. The quantitative estimate of drug-likeness (QED) is 0.522. The molecule has 2 aromatic carbocycles. The number of aromatic nitrogens is 4. The maximum absolute atomic E-state index is 14.1. The predicted molar refractivity (Wildman–Crippen MR) is 87.6 cm³/mol. The molecule has 130 valence electrons. The molecule has 0 amide bonds. The zero-order valence-corrected chi connectivity index (χ0v) is 13.6. The van der Waals surface area contributed by atoms with Gasteiger partial charge in [0.2, 0.25) is 11.2 Å². The SMILES string of the molecule is Fc1ccc(-c2cc(F)ccc2Oc2ccc3nnc(Cl)n3n2)c(F)c1. The molecule has 0 aliphatic heterocycles. The van der Waals surface area contributed by atoms with Crippen LogP contribution in [0.2, 0.25) is 5.28 Å². The van der Waals surface area contributed by atoms with Crippen molar-refractivity contribution < 1.29 is 17.9 Å². The van der Waals surface area contributed by atoms with Crippen LogP contribution in [-0.4, -0.2) is 19.8 Å². The number of nitrogens with zero attached hydrogens (tertiary/aromatic N) is 4. The van der Waals surface area contributed by atoms with E-state index in [4.69, 9.17) is 16.3 Å². The monoisotopic (exact) mass is 376 g/mol. The van der Waals surface area contributed by atoms with Crippen LogP contribution in [0.4, 0.5) is 13.2 Å². The first-order chi connectivity index (χ1) is 12.5. The number of hydrogen-bond donors (Lipinski definition) is 0. The van der Waals surface area contributed by atoms with E-state index in [1.165, 1.54) is 22.7 Å². The highest BCUT2D eigenvalue weighted by atomic mass is 35.5. The Balaban J connectivity index is 1.79. The van der Waals surface area contributed by atoms with E-state index in [9.17, 15) is 13.2 Å². The fraction of sp³-hybridized carbons (Fsp3) is 0. The predicted octanol–water partition coefficient (Wildman–Crippen LogP) is 4.65. The molecular weight excluding hydrogens is 369 g/mol. The third kappa shape index (κ3) is 2.95. The minimum absolute atomic E-state index is 0.00990. The van der Waals surface area contributed by atoms with Crippen LogP contribution in [0.5, 0.6) is 11.6 Å². The van der Waals surface area contributed by atoms with Crippen molar-refractivity contribution in [2.45, 2.75) is 0 Å². The van der Waals surface area contributed by atoms with E-state index in [1.807, 2.05) is 0 Å². The lowest BCUT2D eigenvalue weighted by molar-refractivity contribution is 0.452. The summed E-state index contributed by atoms with van der Waals surface area (Å²) >= 11 is 5.87. The van der Waals surface area contributed by atoms with E-state index < -0.39 is 17.5 Å². The van der Waals surface area contributed by atoms with Crippen LogP contribution in [0.15, 0.2) is 48.5 Å². The van der Waals surface area contributed by atoms with Gasteiger partial charge in [-0.2, -0.15) is 4.52 Å². The molecule has 4 aromatic rings. The standard InChI is InChI=1S/C17H8ClF3N4O/c18-17-23-22-15-5-6-16(24-25(15)17)26-14-4-2-9(19)7-12(14)11-3-1-10(20)8-13(11)21/h1-8H. The lowest BCUT2D eigenvalue weighted by atomic mass is 10.0. The van der Waals surface area contributed by atoms with Crippen molar-refractivity contribution in [2.75, 3.05) is 0 Å². The van der Waals surface area contributed by atoms with Gasteiger partial charge < -0.3 is 4.74 Å². The van der Waals surface area contributed by atoms with Crippen molar-refractivity contribution in [3.63, 3.8) is 0 Å². The first kappa shape index (κ1) is 16.3. The summed E-state index contributed by atoms with van der Waals surface area (Å²) in [6.45, 7) is 0. The number of rotatable bonds is 3. The van der Waals surface area contributed by atoms with Crippen molar-refractivity contribution in [3.8, 4) is 22.8 Å². The van der Waals surface area contributed by atoms with E-state index in [-0.39, 0.29) is 28.0 Å². The molecular formula is C17H8ClF3N4O. The van der Waals surface area contributed by atoms with Gasteiger partial charge in [0.05, 0.1) is 0 Å². The van der Waals surface area contributed by atoms with Crippen molar-refractivity contribution >= 4 is 17.2 Å². The summed E-state index contributed by atoms with van der Waals surface area (Å²) in [5.74, 6) is -1.94. The molecule has 2 heterocycles. The smallest absolute Gasteiger partial charge is 0.246 e. The molecule has 9 heteroatoms. The summed E-state index contributed by atoms with van der Waals surface area (Å²) < 4.78 is 47.9. The van der Waals surface area contributed by atoms with Crippen LogP contribution in [0.25, 0.3) is 16.8 Å². The summed E-state index contributed by atoms with van der Waals surface area (Å²) in [4.78, 5) is 0. The molecule has 0 saturated heterocycles. The molecule has 0 radical (unpaired) electrons. The second-order valence-corrected chi connectivity index (χ2v) is 5.62. The summed E-state index contributed by atoms with van der Waals surface area (Å²) in [6.07, 6.45) is 0. The van der Waals surface area contributed by atoms with E-state index in [2.05, 4.69) is 15.3 Å². The average Bonchev–Trinajstić information content (AvgIpc) is 2.97. The summed E-state index contributed by atoms with van der Waals surface area (Å²) in [7, 11) is 0. The van der Waals surface area contributed by atoms with Gasteiger partial charge in [-0.25, -0.2) is 13.2 Å². The zero-order valence-electron chi connectivity index (χ0n) is 12.8. The molecule has 5 nitrogen and oxygen atoms in total. The van der Waals surface area contributed by atoms with Gasteiger partial charge in [0.1, 0.15) is 23.2 Å². The van der Waals surface area contributed by atoms with Gasteiger partial charge in [-0.15, -0.1) is 15.3 Å². The number of benzene rings is 2. The number of fused-ring (bicyclic) bond motifs is 1. The van der Waals surface area contributed by atoms with Gasteiger partial charge in [0.25, 0.3) is 0 Å².